The van der Waals surface area contributed by atoms with Crippen LogP contribution in [0.1, 0.15) is 39.5 Å². The van der Waals surface area contributed by atoms with Gasteiger partial charge in [-0.25, -0.2) is 0 Å². The van der Waals surface area contributed by atoms with E-state index in [1.54, 1.807) is 0 Å². The van der Waals surface area contributed by atoms with Crippen LogP contribution in [-0.4, -0.2) is 21.0 Å². The molecule has 0 spiro atoms. The van der Waals surface area contributed by atoms with Crippen molar-refractivity contribution in [1.29, 1.82) is 0 Å². The Hall–Kier alpha value is -1.24. The summed E-state index contributed by atoms with van der Waals surface area (Å²) in [6, 6.07) is 0. The molecule has 0 atom stereocenters. The Morgan fingerprint density at radius 2 is 1.25 bits per heavy atom. The fourth-order valence-electron chi connectivity index (χ4n) is 0.884. The molecule has 0 fully saturated rings. The third-order valence-corrected chi connectivity index (χ3v) is 1.80. The number of hydrogen-bond acceptors (Lipinski definition) is 0. The molecule has 0 amide bonds. The molecule has 0 aliphatic heterocycles. The Morgan fingerprint density at radius 3 is 1.42 bits per heavy atom. The van der Waals surface area contributed by atoms with Crippen LogP contribution in [0.5, 0.6) is 0 Å². The Balaban J connectivity index is 3.98. The van der Waals surface area contributed by atoms with E-state index in [-0.39, 0.29) is 0 Å². The first kappa shape index (κ1) is 10.8. The van der Waals surface area contributed by atoms with Crippen LogP contribution >= 0.6 is 0 Å². The van der Waals surface area contributed by atoms with Crippen molar-refractivity contribution in [1.82, 2.24) is 0 Å². The second-order valence-electron chi connectivity index (χ2n) is 2.54. The van der Waals surface area contributed by atoms with Gasteiger partial charge in [-0.3, -0.25) is 0 Å². The van der Waals surface area contributed by atoms with Crippen molar-refractivity contribution in [2.75, 3.05) is 0 Å². The van der Waals surface area contributed by atoms with E-state index in [0.717, 1.165) is 24.3 Å². The number of hydrogen-bond donors (Lipinski definition) is 0. The molecule has 0 aliphatic rings. The van der Waals surface area contributed by atoms with E-state index in [1.165, 1.54) is 0 Å². The summed E-state index contributed by atoms with van der Waals surface area (Å²) in [7, 11) is 0. The van der Waals surface area contributed by atoms with Gasteiger partial charge in [0.1, 0.15) is 0 Å². The molecule has 0 aliphatic carbocycles. The lowest BCUT2D eigenvalue weighted by molar-refractivity contribution is -0.0164. The van der Waals surface area contributed by atoms with Crippen molar-refractivity contribution in [3.05, 3.63) is 11.1 Å². The molecular formula is C8H14N4. The third kappa shape index (κ3) is 3.81. The summed E-state index contributed by atoms with van der Waals surface area (Å²) in [5.74, 6) is 0. The molecule has 0 bridgehead atoms. The Kier molecular flexibility index (Phi) is 5.80. The van der Waals surface area contributed by atoms with Gasteiger partial charge >= 0.3 is 0 Å². The van der Waals surface area contributed by atoms with Gasteiger partial charge in [-0.05, 0) is 0 Å². The van der Waals surface area contributed by atoms with Crippen molar-refractivity contribution in [3.63, 3.8) is 0 Å². The zero-order chi connectivity index (χ0) is 9.40. The second kappa shape index (κ2) is 6.47. The minimum atomic E-state index is 0.667. The highest BCUT2D eigenvalue weighted by atomic mass is 14.9. The largest absolute Gasteiger partial charge is 0.362 e. The first-order valence-corrected chi connectivity index (χ1v) is 4.18. The van der Waals surface area contributed by atoms with Gasteiger partial charge in [0.15, 0.2) is 0 Å². The average molecular weight is 166 g/mol. The SMILES string of the molecule is CCC(CCC(CC)=[N+]=[N-])=[N+]=[N-]. The molecule has 0 rings (SSSR count). The molecule has 0 N–H and O–H groups in total. The zero-order valence-electron chi connectivity index (χ0n) is 7.62. The minimum Gasteiger partial charge on any atom is -0.362 e. The zero-order valence-corrected chi connectivity index (χ0v) is 7.62. The fraction of sp³-hybridized carbons (Fsp3) is 0.750. The lowest BCUT2D eigenvalue weighted by Gasteiger charge is -1.88. The van der Waals surface area contributed by atoms with Crippen molar-refractivity contribution < 1.29 is 9.58 Å². The van der Waals surface area contributed by atoms with Crippen LogP contribution in [0, 0.1) is 0 Å². The van der Waals surface area contributed by atoms with Crippen molar-refractivity contribution >= 4 is 11.4 Å². The number of nitrogens with zero attached hydrogens (tertiary/aromatic N) is 4. The van der Waals surface area contributed by atoms with Crippen LogP contribution in [0.3, 0.4) is 0 Å². The van der Waals surface area contributed by atoms with Crippen LogP contribution in [-0.2, 0) is 0 Å². The summed E-state index contributed by atoms with van der Waals surface area (Å²) in [4.78, 5) is 6.25. The molecule has 0 aromatic carbocycles. The number of rotatable bonds is 5. The summed E-state index contributed by atoms with van der Waals surface area (Å²) in [6.45, 7) is 3.85. The lowest BCUT2D eigenvalue weighted by atomic mass is 10.1. The normalized spacial score (nSPS) is 8.50. The molecule has 0 saturated carbocycles. The highest BCUT2D eigenvalue weighted by molar-refractivity contribution is 5.86. The molecule has 0 aromatic heterocycles. The Morgan fingerprint density at radius 1 is 0.917 bits per heavy atom. The predicted molar refractivity (Wildman–Crippen MR) is 47.1 cm³/mol. The summed E-state index contributed by atoms with van der Waals surface area (Å²) >= 11 is 0. The molecule has 0 saturated heterocycles. The van der Waals surface area contributed by atoms with Gasteiger partial charge in [0.2, 0.25) is 0 Å². The van der Waals surface area contributed by atoms with E-state index in [4.69, 9.17) is 11.1 Å². The van der Waals surface area contributed by atoms with Gasteiger partial charge in [-0.15, -0.1) is 0 Å². The quantitative estimate of drug-likeness (QED) is 0.340. The van der Waals surface area contributed by atoms with Gasteiger partial charge in [-0.2, -0.15) is 9.58 Å². The monoisotopic (exact) mass is 166 g/mol. The van der Waals surface area contributed by atoms with Crippen LogP contribution in [0.2, 0.25) is 0 Å². The highest BCUT2D eigenvalue weighted by Crippen LogP contribution is 1.97. The standard InChI is InChI=1S/C8H14N4/c1-3-7(11-9)5-6-8(4-2)12-10/h3-6H2,1-2H3. The molecule has 4 heteroatoms. The van der Waals surface area contributed by atoms with E-state index in [2.05, 4.69) is 9.58 Å². The molecule has 0 heterocycles. The van der Waals surface area contributed by atoms with Crippen molar-refractivity contribution in [3.8, 4) is 0 Å². The van der Waals surface area contributed by atoms with E-state index in [1.807, 2.05) is 13.8 Å². The predicted octanol–water partition coefficient (Wildman–Crippen LogP) is 1.93. The first-order chi connectivity index (χ1) is 5.78. The fourth-order valence-corrected chi connectivity index (χ4v) is 0.884. The maximum atomic E-state index is 8.47. The van der Waals surface area contributed by atoms with E-state index < -0.39 is 0 Å². The summed E-state index contributed by atoms with van der Waals surface area (Å²) in [6.07, 6.45) is 2.80. The van der Waals surface area contributed by atoms with Gasteiger partial charge in [0.05, 0.1) is 12.8 Å². The van der Waals surface area contributed by atoms with E-state index in [9.17, 15) is 0 Å². The third-order valence-electron chi connectivity index (χ3n) is 1.80. The van der Waals surface area contributed by atoms with Crippen LogP contribution in [0.4, 0.5) is 0 Å². The van der Waals surface area contributed by atoms with Crippen LogP contribution in [0.25, 0.3) is 11.1 Å². The molecule has 0 radical (unpaired) electrons. The highest BCUT2D eigenvalue weighted by Gasteiger charge is 2.10. The summed E-state index contributed by atoms with van der Waals surface area (Å²) < 4.78 is 0. The summed E-state index contributed by atoms with van der Waals surface area (Å²) in [5.41, 5.74) is 18.4. The first-order valence-electron chi connectivity index (χ1n) is 4.18. The molecular weight excluding hydrogens is 152 g/mol. The molecule has 0 unspecified atom stereocenters. The average Bonchev–Trinajstić information content (AvgIpc) is 2.13. The van der Waals surface area contributed by atoms with Crippen molar-refractivity contribution in [2.45, 2.75) is 39.5 Å². The van der Waals surface area contributed by atoms with E-state index in [0.29, 0.717) is 12.8 Å². The molecule has 12 heavy (non-hydrogen) atoms. The van der Waals surface area contributed by atoms with Gasteiger partial charge in [0, 0.05) is 12.8 Å². The minimum absolute atomic E-state index is 0.667. The van der Waals surface area contributed by atoms with E-state index >= 15 is 0 Å². The molecule has 4 nitrogen and oxygen atoms in total. The van der Waals surface area contributed by atoms with Crippen LogP contribution < -0.4 is 0 Å². The van der Waals surface area contributed by atoms with Gasteiger partial charge in [-0.1, -0.05) is 13.8 Å². The van der Waals surface area contributed by atoms with Crippen molar-refractivity contribution in [2.24, 2.45) is 0 Å². The molecule has 66 valence electrons. The maximum Gasteiger partial charge on any atom is 0.269 e. The van der Waals surface area contributed by atoms with Gasteiger partial charge in [0.25, 0.3) is 11.4 Å². The molecule has 0 aromatic rings. The van der Waals surface area contributed by atoms with Crippen LogP contribution in [0.15, 0.2) is 0 Å². The maximum absolute atomic E-state index is 8.47. The summed E-state index contributed by atoms with van der Waals surface area (Å²) in [5, 5.41) is 0. The second-order valence-corrected chi connectivity index (χ2v) is 2.54. The smallest absolute Gasteiger partial charge is 0.269 e. The topological polar surface area (TPSA) is 72.8 Å². The Labute approximate surface area is 72.5 Å². The van der Waals surface area contributed by atoms with Gasteiger partial charge < -0.3 is 11.1 Å². The lowest BCUT2D eigenvalue weighted by Crippen LogP contribution is -2.04. The Bertz CT molecular complexity index is 205.